The van der Waals surface area contributed by atoms with Crippen molar-refractivity contribution in [1.29, 1.82) is 0 Å². The minimum Gasteiger partial charge on any atom is -0.477 e. The summed E-state index contributed by atoms with van der Waals surface area (Å²) in [6, 6.07) is 0. The number of hydrogen-bond acceptors (Lipinski definition) is 7. The van der Waals surface area contributed by atoms with E-state index in [2.05, 4.69) is 38.2 Å². The Morgan fingerprint density at radius 2 is 0.574 bits per heavy atom. The molecule has 94 heavy (non-hydrogen) atoms. The maximum Gasteiger partial charge on any atom is 0.361 e. The van der Waals surface area contributed by atoms with Crippen molar-refractivity contribution < 1.29 is 42.9 Å². The summed E-state index contributed by atoms with van der Waals surface area (Å²) in [7, 11) is 6.00. The molecule has 0 radical (unpaired) electrons. The number of rotatable bonds is 80. The van der Waals surface area contributed by atoms with Gasteiger partial charge in [-0.25, -0.2) is 4.79 Å². The summed E-state index contributed by atoms with van der Waals surface area (Å²) in [5, 5.41) is 9.78. The second kappa shape index (κ2) is 76.5. The van der Waals surface area contributed by atoms with E-state index in [1.165, 1.54) is 372 Å². The SMILES string of the molecule is CCCCCCC/C=C\C/C=C\CCCCCCCCCCCCCCCCCCCCCCCCCCCCCC(=O)OC(COC(=O)CCCCCCCCCCCCCCCCCCCCCCCCCCCCCCCC)COC(OCC[N+](C)(C)C)C(=O)O. The van der Waals surface area contributed by atoms with Gasteiger partial charge in [0, 0.05) is 12.8 Å². The maximum atomic E-state index is 13.0. The molecule has 0 saturated heterocycles. The lowest BCUT2D eigenvalue weighted by atomic mass is 10.0. The molecule has 0 aromatic carbocycles. The Hall–Kier alpha value is -2.23. The van der Waals surface area contributed by atoms with Crippen LogP contribution in [-0.2, 0) is 33.3 Å². The topological polar surface area (TPSA) is 108 Å². The third kappa shape index (κ3) is 77.1. The Morgan fingerprint density at radius 3 is 0.840 bits per heavy atom. The van der Waals surface area contributed by atoms with Gasteiger partial charge in [0.2, 0.25) is 0 Å². The van der Waals surface area contributed by atoms with Gasteiger partial charge in [-0.2, -0.15) is 0 Å². The van der Waals surface area contributed by atoms with Crippen molar-refractivity contribution in [2.45, 2.75) is 456 Å². The van der Waals surface area contributed by atoms with Crippen molar-refractivity contribution in [3.63, 3.8) is 0 Å². The lowest BCUT2D eigenvalue weighted by Crippen LogP contribution is -2.40. The molecule has 9 nitrogen and oxygen atoms in total. The summed E-state index contributed by atoms with van der Waals surface area (Å²) < 4.78 is 23.1. The number of esters is 2. The highest BCUT2D eigenvalue weighted by Crippen LogP contribution is 2.21. The zero-order valence-corrected chi connectivity index (χ0v) is 63.9. The number of likely N-dealkylation sites (N-methyl/N-ethyl adjacent to an activating group) is 1. The Bertz CT molecular complexity index is 1590. The fraction of sp³-hybridized carbons (Fsp3) is 0.918. The molecule has 0 aliphatic heterocycles. The Kier molecular flexibility index (Phi) is 74.7. The molecule has 0 aromatic heterocycles. The molecule has 0 bridgehead atoms. The maximum absolute atomic E-state index is 13.0. The predicted molar refractivity (Wildman–Crippen MR) is 406 cm³/mol. The molecule has 0 aromatic rings. The molecule has 0 aliphatic carbocycles. The Labute approximate surface area is 586 Å². The quantitative estimate of drug-likeness (QED) is 0.0211. The largest absolute Gasteiger partial charge is 0.477 e. The number of carboxylic acids is 1. The average Bonchev–Trinajstić information content (AvgIpc) is 3.76. The van der Waals surface area contributed by atoms with Crippen molar-refractivity contribution in [2.24, 2.45) is 0 Å². The lowest BCUT2D eigenvalue weighted by molar-refractivity contribution is -0.870. The summed E-state index contributed by atoms with van der Waals surface area (Å²) in [5.41, 5.74) is 0. The van der Waals surface area contributed by atoms with E-state index >= 15 is 0 Å². The van der Waals surface area contributed by atoms with Gasteiger partial charge in [0.1, 0.15) is 13.2 Å². The molecule has 0 amide bonds. The zero-order chi connectivity index (χ0) is 68.2. The van der Waals surface area contributed by atoms with E-state index in [0.717, 1.165) is 44.9 Å². The first-order valence-corrected chi connectivity index (χ1v) is 42.0. The fourth-order valence-electron chi connectivity index (χ4n) is 13.1. The van der Waals surface area contributed by atoms with Crippen LogP contribution >= 0.6 is 0 Å². The van der Waals surface area contributed by atoms with Gasteiger partial charge >= 0.3 is 17.9 Å². The van der Waals surface area contributed by atoms with E-state index in [-0.39, 0.29) is 38.2 Å². The molecule has 9 heteroatoms. The number of carbonyl (C=O) groups excluding carboxylic acids is 2. The third-order valence-corrected chi connectivity index (χ3v) is 19.5. The highest BCUT2D eigenvalue weighted by molar-refractivity contribution is 5.71. The van der Waals surface area contributed by atoms with Crippen LogP contribution in [0.4, 0.5) is 0 Å². The van der Waals surface area contributed by atoms with Gasteiger partial charge in [-0.05, 0) is 44.9 Å². The number of allylic oxidation sites excluding steroid dienone is 4. The first kappa shape index (κ1) is 91.8. The van der Waals surface area contributed by atoms with Crippen LogP contribution in [0.2, 0.25) is 0 Å². The number of nitrogens with zero attached hydrogens (tertiary/aromatic N) is 1. The van der Waals surface area contributed by atoms with Gasteiger partial charge in [0.15, 0.2) is 6.10 Å². The van der Waals surface area contributed by atoms with Crippen LogP contribution in [0.3, 0.4) is 0 Å². The van der Waals surface area contributed by atoms with Gasteiger partial charge in [-0.1, -0.05) is 411 Å². The number of carboxylic acid groups (broad SMARTS) is 1. The van der Waals surface area contributed by atoms with Crippen molar-refractivity contribution in [3.05, 3.63) is 24.3 Å². The minimum atomic E-state index is -1.51. The van der Waals surface area contributed by atoms with Gasteiger partial charge < -0.3 is 28.5 Å². The second-order valence-electron chi connectivity index (χ2n) is 30.2. The Balaban J connectivity index is 3.92. The van der Waals surface area contributed by atoms with Crippen LogP contribution in [0.1, 0.15) is 444 Å². The number of unbranched alkanes of at least 4 members (excludes halogenated alkanes) is 61. The van der Waals surface area contributed by atoms with E-state index in [1.54, 1.807) is 0 Å². The molecule has 0 heterocycles. The van der Waals surface area contributed by atoms with Crippen LogP contribution in [0.25, 0.3) is 0 Å². The van der Waals surface area contributed by atoms with Crippen molar-refractivity contribution in [3.8, 4) is 0 Å². The summed E-state index contributed by atoms with van der Waals surface area (Å²) in [6.45, 7) is 4.96. The van der Waals surface area contributed by atoms with Crippen molar-refractivity contribution in [1.82, 2.24) is 0 Å². The van der Waals surface area contributed by atoms with Crippen LogP contribution in [0, 0.1) is 0 Å². The first-order chi connectivity index (χ1) is 46.1. The fourth-order valence-corrected chi connectivity index (χ4v) is 13.1. The average molecular weight is 1330 g/mol. The monoisotopic (exact) mass is 1330 g/mol. The van der Waals surface area contributed by atoms with Crippen LogP contribution in [-0.4, -0.2) is 87.4 Å². The Morgan fingerprint density at radius 1 is 0.319 bits per heavy atom. The lowest BCUT2D eigenvalue weighted by Gasteiger charge is -2.25. The third-order valence-electron chi connectivity index (χ3n) is 19.5. The summed E-state index contributed by atoms with van der Waals surface area (Å²) in [6.07, 6.45) is 95.0. The predicted octanol–water partition coefficient (Wildman–Crippen LogP) is 26.9. The summed E-state index contributed by atoms with van der Waals surface area (Å²) >= 11 is 0. The normalized spacial score (nSPS) is 12.6. The zero-order valence-electron chi connectivity index (χ0n) is 63.9. The molecule has 0 fully saturated rings. The van der Waals surface area contributed by atoms with E-state index in [4.69, 9.17) is 18.9 Å². The van der Waals surface area contributed by atoms with Gasteiger partial charge in [-0.15, -0.1) is 0 Å². The first-order valence-electron chi connectivity index (χ1n) is 42.0. The summed E-state index contributed by atoms with van der Waals surface area (Å²) in [5.74, 6) is -1.96. The van der Waals surface area contributed by atoms with Crippen LogP contribution in [0.15, 0.2) is 24.3 Å². The molecular weight excluding hydrogens is 1160 g/mol. The number of quaternary nitrogens is 1. The molecule has 2 atom stereocenters. The van der Waals surface area contributed by atoms with Gasteiger partial charge in [-0.3, -0.25) is 9.59 Å². The van der Waals surface area contributed by atoms with Crippen LogP contribution < -0.4 is 0 Å². The van der Waals surface area contributed by atoms with Gasteiger partial charge in [0.25, 0.3) is 6.29 Å². The van der Waals surface area contributed by atoms with Gasteiger partial charge in [0.05, 0.1) is 34.4 Å². The van der Waals surface area contributed by atoms with E-state index in [1.807, 2.05) is 21.1 Å². The number of aliphatic carboxylic acids is 1. The molecule has 0 rings (SSSR count). The molecule has 0 saturated carbocycles. The van der Waals surface area contributed by atoms with Crippen molar-refractivity contribution >= 4 is 17.9 Å². The highest BCUT2D eigenvalue weighted by Gasteiger charge is 2.25. The van der Waals surface area contributed by atoms with E-state index < -0.39 is 18.4 Å². The molecular formula is C85H164NO8+. The smallest absolute Gasteiger partial charge is 0.361 e. The highest BCUT2D eigenvalue weighted by atomic mass is 16.7. The summed E-state index contributed by atoms with van der Waals surface area (Å²) in [4.78, 5) is 37.8. The van der Waals surface area contributed by atoms with E-state index in [9.17, 15) is 19.5 Å². The van der Waals surface area contributed by atoms with Crippen molar-refractivity contribution in [2.75, 3.05) is 47.5 Å². The second-order valence-corrected chi connectivity index (χ2v) is 30.2. The minimum absolute atomic E-state index is 0.173. The number of carbonyl (C=O) groups is 3. The number of hydrogen-bond donors (Lipinski definition) is 1. The molecule has 556 valence electrons. The molecule has 1 N–H and O–H groups in total. The molecule has 0 aliphatic rings. The standard InChI is InChI=1S/C85H163NO8/c1-6-8-10-12-14-16-18-20-22-24-26-28-30-32-34-36-38-39-40-41-42-43-44-45-46-48-50-52-54-56-58-60-62-64-66-68-70-72-74-76-83(88)94-81(80-93-85(84(89)90)91-78-77-86(3,4)5)79-92-82(87)75-73-71-69-67-65-63-61-59-57-55-53-51-49-47-37-35-33-31-29-27-25-23-21-19-17-15-13-11-9-7-2/h18,20,24,26,81,85H,6-17,19,21-23,25,27-80H2,1-5H3/p+1/b20-18-,26-24-. The number of ether oxygens (including phenoxy) is 4. The van der Waals surface area contributed by atoms with E-state index in [0.29, 0.717) is 17.4 Å². The molecule has 0 spiro atoms. The molecule has 2 unspecified atom stereocenters. The van der Waals surface area contributed by atoms with Crippen LogP contribution in [0.5, 0.6) is 0 Å².